The van der Waals surface area contributed by atoms with Gasteiger partial charge in [-0.1, -0.05) is 0 Å². The van der Waals surface area contributed by atoms with Gasteiger partial charge in [0.05, 0.1) is 30.3 Å². The fourth-order valence-corrected chi connectivity index (χ4v) is 8.63. The van der Waals surface area contributed by atoms with E-state index in [1.165, 1.54) is 13.4 Å². The number of carbonyl (C=O) groups excluding carboxylic acids is 2. The summed E-state index contributed by atoms with van der Waals surface area (Å²) in [6.45, 7) is 3.60. The third-order valence-corrected chi connectivity index (χ3v) is 10.8. The zero-order chi connectivity index (χ0) is 32.5. The van der Waals surface area contributed by atoms with Crippen molar-refractivity contribution >= 4 is 28.7 Å². The number of aromatic nitrogens is 5. The van der Waals surface area contributed by atoms with Gasteiger partial charge in [0.25, 0.3) is 5.91 Å². The topological polar surface area (TPSA) is 156 Å². The number of alkyl halides is 3. The number of amides is 2. The molecule has 46 heavy (non-hydrogen) atoms. The van der Waals surface area contributed by atoms with E-state index in [1.807, 2.05) is 4.90 Å². The average Bonchev–Trinajstić information content (AvgIpc) is 2.95. The van der Waals surface area contributed by atoms with Gasteiger partial charge in [-0.15, -0.1) is 0 Å². The molecule has 2 N–H and O–H groups in total. The van der Waals surface area contributed by atoms with E-state index < -0.39 is 28.9 Å². The minimum Gasteiger partial charge on any atom is -0.504 e. The molecule has 242 valence electrons. The van der Waals surface area contributed by atoms with Crippen LogP contribution in [-0.4, -0.2) is 90.3 Å². The van der Waals surface area contributed by atoms with Crippen molar-refractivity contribution < 1.29 is 32.6 Å². The first-order valence-electron chi connectivity index (χ1n) is 15.2. The lowest BCUT2D eigenvalue weighted by Crippen LogP contribution is -2.78. The highest BCUT2D eigenvalue weighted by molar-refractivity contribution is 5.95. The molecule has 6 aliphatic rings. The highest BCUT2D eigenvalue weighted by Gasteiger charge is 2.79. The number of anilines is 1. The predicted octanol–water partition coefficient (Wildman–Crippen LogP) is 1.79. The number of nitrogens with zero attached hydrogens (tertiary/aromatic N) is 7. The fraction of sp³-hybridized carbons (Fsp3) is 0.567. The molecule has 1 unspecified atom stereocenters. The van der Waals surface area contributed by atoms with Crippen LogP contribution in [0.3, 0.4) is 0 Å². The zero-order valence-corrected chi connectivity index (χ0v) is 25.3. The van der Waals surface area contributed by atoms with Crippen LogP contribution in [0.2, 0.25) is 0 Å². The lowest BCUT2D eigenvalue weighted by atomic mass is 9.39. The van der Waals surface area contributed by atoms with Gasteiger partial charge in [0, 0.05) is 24.3 Å². The van der Waals surface area contributed by atoms with E-state index in [1.54, 1.807) is 23.3 Å². The van der Waals surface area contributed by atoms with Crippen LogP contribution in [0.4, 0.5) is 18.9 Å². The number of rotatable bonds is 5. The van der Waals surface area contributed by atoms with Crippen molar-refractivity contribution in [2.45, 2.75) is 76.3 Å². The highest BCUT2D eigenvalue weighted by atomic mass is 19.4. The summed E-state index contributed by atoms with van der Waals surface area (Å²) in [7, 11) is 1.42. The number of methoxy groups -OCH3 is 1. The molecule has 0 aromatic carbocycles. The van der Waals surface area contributed by atoms with Crippen LogP contribution in [0.1, 0.15) is 53.3 Å². The first kappa shape index (κ1) is 28.9. The molecule has 4 aliphatic carbocycles. The number of carbonyl (C=O) groups is 2. The molecular formula is C30H31F3N8O5. The Hall–Kier alpha value is -4.50. The molecule has 2 amide bonds. The zero-order valence-electron chi connectivity index (χ0n) is 25.3. The predicted molar refractivity (Wildman–Crippen MR) is 155 cm³/mol. The van der Waals surface area contributed by atoms with E-state index in [2.05, 4.69) is 25.3 Å². The van der Waals surface area contributed by atoms with Gasteiger partial charge in [-0.2, -0.15) is 13.2 Å². The highest BCUT2D eigenvalue weighted by Crippen LogP contribution is 2.73. The monoisotopic (exact) mass is 640 g/mol. The minimum atomic E-state index is -4.29. The van der Waals surface area contributed by atoms with Crippen LogP contribution in [0, 0.1) is 25.2 Å². The summed E-state index contributed by atoms with van der Waals surface area (Å²) in [5, 5.41) is 13.3. The maximum Gasteiger partial charge on any atom is 0.394 e. The van der Waals surface area contributed by atoms with E-state index in [0.717, 1.165) is 0 Å². The van der Waals surface area contributed by atoms with Crippen LogP contribution in [0.15, 0.2) is 11.1 Å². The summed E-state index contributed by atoms with van der Waals surface area (Å²) >= 11 is 0. The Labute approximate surface area is 259 Å². The molecule has 5 heterocycles. The first-order valence-corrected chi connectivity index (χ1v) is 15.2. The second-order valence-corrected chi connectivity index (χ2v) is 13.4. The molecule has 0 spiro atoms. The van der Waals surface area contributed by atoms with Crippen molar-refractivity contribution in [1.29, 1.82) is 0 Å². The maximum atomic E-state index is 14.2. The maximum absolute atomic E-state index is 14.2. The molecule has 2 bridgehead atoms. The molecule has 16 heteroatoms. The molecule has 3 aromatic heterocycles. The van der Waals surface area contributed by atoms with Crippen molar-refractivity contribution in [1.82, 2.24) is 34.7 Å². The van der Waals surface area contributed by atoms with Crippen LogP contribution < -0.4 is 20.4 Å². The van der Waals surface area contributed by atoms with E-state index >= 15 is 0 Å². The van der Waals surface area contributed by atoms with Gasteiger partial charge in [-0.05, 0) is 51.9 Å². The summed E-state index contributed by atoms with van der Waals surface area (Å²) in [6, 6.07) is -0.410. The lowest BCUT2D eigenvalue weighted by Gasteiger charge is -2.70. The molecule has 9 rings (SSSR count). The number of piperazine rings is 1. The van der Waals surface area contributed by atoms with Gasteiger partial charge < -0.3 is 29.5 Å². The van der Waals surface area contributed by atoms with Crippen molar-refractivity contribution in [3.63, 3.8) is 0 Å². The van der Waals surface area contributed by atoms with Crippen molar-refractivity contribution in [3.8, 4) is 11.6 Å². The SMILES string of the molecule is COc1nc2c(=O)c3c(n(CC(=O)NC45CC(C(F)(F)F)(C4)C5)c2nc1C)CC1C[C@@H]2[C@@H]1N3CCN2C(=O)c1ncnc(C)c1O. The summed E-state index contributed by atoms with van der Waals surface area (Å²) in [5.41, 5.74) is -1.07. The minimum absolute atomic E-state index is 0.0183. The number of aromatic hydroxyl groups is 1. The van der Waals surface area contributed by atoms with E-state index in [0.29, 0.717) is 42.2 Å². The first-order chi connectivity index (χ1) is 21.8. The van der Waals surface area contributed by atoms with Gasteiger partial charge in [-0.25, -0.2) is 19.9 Å². The molecule has 4 saturated carbocycles. The van der Waals surface area contributed by atoms with Crippen molar-refractivity contribution in [2.24, 2.45) is 11.3 Å². The Morgan fingerprint density at radius 3 is 2.57 bits per heavy atom. The lowest BCUT2D eigenvalue weighted by molar-refractivity contribution is -0.337. The smallest absolute Gasteiger partial charge is 0.394 e. The number of hydrogen-bond acceptors (Lipinski definition) is 10. The number of aryl methyl sites for hydroxylation is 2. The molecule has 3 atom stereocenters. The van der Waals surface area contributed by atoms with Crippen LogP contribution >= 0.6 is 0 Å². The Morgan fingerprint density at radius 2 is 1.87 bits per heavy atom. The second-order valence-electron chi connectivity index (χ2n) is 13.4. The standard InChI is InChI=1S/C30H31F3N8O5/c1-13-23(43)20(35-12-34-13)27(45)39-4-5-40-21-15(6-16(21)39)7-17-22(40)24(44)19-25(36-14(2)26(37-19)46-3)41(17)8-18(42)38-29-9-28(10-29,11-29)30(31,32)33/h12,15-16,21,43H,4-11H2,1-3H3,(H,38,42)/t15?,16-,21-,28?,29?/m1/s1. The Morgan fingerprint density at radius 1 is 1.13 bits per heavy atom. The number of nitrogens with one attached hydrogen (secondary N) is 1. The largest absolute Gasteiger partial charge is 0.504 e. The number of pyridine rings is 1. The Bertz CT molecular complexity index is 1910. The van der Waals surface area contributed by atoms with Crippen LogP contribution in [0.5, 0.6) is 11.6 Å². The Balaban J connectivity index is 1.14. The normalized spacial score (nSPS) is 28.8. The second kappa shape index (κ2) is 9.28. The molecule has 1 saturated heterocycles. The van der Waals surface area contributed by atoms with Gasteiger partial charge in [0.2, 0.25) is 17.2 Å². The molecule has 3 aromatic rings. The van der Waals surface area contributed by atoms with Crippen LogP contribution in [0.25, 0.3) is 11.2 Å². The van der Waals surface area contributed by atoms with E-state index in [-0.39, 0.29) is 84.3 Å². The summed E-state index contributed by atoms with van der Waals surface area (Å²) in [5.74, 6) is -0.907. The number of hydrogen-bond donors (Lipinski definition) is 2. The number of halogens is 3. The molecule has 2 aliphatic heterocycles. The van der Waals surface area contributed by atoms with Crippen LogP contribution in [-0.2, 0) is 17.8 Å². The fourth-order valence-electron chi connectivity index (χ4n) is 8.63. The van der Waals surface area contributed by atoms with E-state index in [4.69, 9.17) is 4.74 Å². The Kier molecular flexibility index (Phi) is 5.84. The summed E-state index contributed by atoms with van der Waals surface area (Å²) < 4.78 is 47.3. The van der Waals surface area contributed by atoms with Gasteiger partial charge >= 0.3 is 6.18 Å². The van der Waals surface area contributed by atoms with Gasteiger partial charge in [0.1, 0.15) is 24.3 Å². The molecular weight excluding hydrogens is 609 g/mol. The summed E-state index contributed by atoms with van der Waals surface area (Å²) in [4.78, 5) is 61.9. The third kappa shape index (κ3) is 3.78. The number of ether oxygens (including phenoxy) is 1. The molecule has 5 fully saturated rings. The molecule has 0 radical (unpaired) electrons. The third-order valence-electron chi connectivity index (χ3n) is 10.8. The number of fused-ring (bicyclic) bond motifs is 3. The van der Waals surface area contributed by atoms with Crippen molar-refractivity contribution in [3.05, 3.63) is 39.3 Å². The quantitative estimate of drug-likeness (QED) is 0.422. The molecule has 13 nitrogen and oxygen atoms in total. The van der Waals surface area contributed by atoms with Gasteiger partial charge in [0.15, 0.2) is 22.6 Å². The summed E-state index contributed by atoms with van der Waals surface area (Å²) in [6.07, 6.45) is -2.38. The van der Waals surface area contributed by atoms with E-state index in [9.17, 15) is 32.7 Å². The van der Waals surface area contributed by atoms with Gasteiger partial charge in [-0.3, -0.25) is 14.4 Å². The van der Waals surface area contributed by atoms with Crippen molar-refractivity contribution in [2.75, 3.05) is 25.1 Å². The average molecular weight is 641 g/mol.